The Kier molecular flexibility index (Phi) is 1.58. The summed E-state index contributed by atoms with van der Waals surface area (Å²) in [7, 11) is 0. The van der Waals surface area contributed by atoms with E-state index >= 15 is 0 Å². The molecule has 0 aromatic heterocycles. The summed E-state index contributed by atoms with van der Waals surface area (Å²) in [6.45, 7) is 0. The fourth-order valence-electron chi connectivity index (χ4n) is 0.756. The van der Waals surface area contributed by atoms with E-state index in [1.807, 2.05) is 0 Å². The van der Waals surface area contributed by atoms with Crippen LogP contribution in [0, 0.1) is 0 Å². The van der Waals surface area contributed by atoms with E-state index in [9.17, 15) is 18.0 Å². The number of carbonyl (C=O) groups excluding carboxylic acids is 1. The van der Waals surface area contributed by atoms with Gasteiger partial charge in [0.15, 0.2) is 6.10 Å². The van der Waals surface area contributed by atoms with Crippen molar-refractivity contribution in [3.05, 3.63) is 0 Å². The molecule has 1 aliphatic rings. The molecular weight excluding hydrogens is 149 g/mol. The zero-order chi connectivity index (χ0) is 7.78. The SMILES string of the molecule is O=C1CC[C@H](C(F)(F)F)O1. The molecule has 0 saturated carbocycles. The molecule has 1 heterocycles. The molecule has 1 atom stereocenters. The minimum absolute atomic E-state index is 0.121. The zero-order valence-electron chi connectivity index (χ0n) is 4.94. The number of ether oxygens (including phenoxy) is 1. The number of carbonyl (C=O) groups is 1. The minimum Gasteiger partial charge on any atom is -0.453 e. The first-order valence-electron chi connectivity index (χ1n) is 2.76. The summed E-state index contributed by atoms with van der Waals surface area (Å²) in [5.41, 5.74) is 0. The van der Waals surface area contributed by atoms with E-state index in [2.05, 4.69) is 4.74 Å². The average molecular weight is 154 g/mol. The first kappa shape index (κ1) is 7.37. The molecule has 0 radical (unpaired) electrons. The van der Waals surface area contributed by atoms with Crippen LogP contribution in [0.5, 0.6) is 0 Å². The summed E-state index contributed by atoms with van der Waals surface area (Å²) in [5, 5.41) is 0. The van der Waals surface area contributed by atoms with Gasteiger partial charge >= 0.3 is 12.1 Å². The molecule has 0 aliphatic carbocycles. The van der Waals surface area contributed by atoms with Gasteiger partial charge in [-0.2, -0.15) is 13.2 Å². The van der Waals surface area contributed by atoms with Gasteiger partial charge in [-0.05, 0) is 0 Å². The zero-order valence-corrected chi connectivity index (χ0v) is 4.94. The largest absolute Gasteiger partial charge is 0.453 e. The van der Waals surface area contributed by atoms with Crippen molar-refractivity contribution in [3.63, 3.8) is 0 Å². The highest BCUT2D eigenvalue weighted by Crippen LogP contribution is 2.30. The Balaban J connectivity index is 2.53. The molecule has 1 rings (SSSR count). The van der Waals surface area contributed by atoms with Gasteiger partial charge in [-0.25, -0.2) is 0 Å². The van der Waals surface area contributed by atoms with Crippen molar-refractivity contribution in [2.45, 2.75) is 25.1 Å². The second-order valence-corrected chi connectivity index (χ2v) is 2.06. The maximum Gasteiger partial charge on any atom is 0.425 e. The summed E-state index contributed by atoms with van der Waals surface area (Å²) in [6.07, 6.45) is -6.60. The van der Waals surface area contributed by atoms with Crippen molar-refractivity contribution in [1.82, 2.24) is 0 Å². The number of alkyl halides is 3. The van der Waals surface area contributed by atoms with Crippen molar-refractivity contribution < 1.29 is 22.7 Å². The predicted octanol–water partition coefficient (Wildman–Crippen LogP) is 1.25. The molecule has 2 nitrogen and oxygen atoms in total. The number of rotatable bonds is 0. The molecule has 0 amide bonds. The fraction of sp³-hybridized carbons (Fsp3) is 0.800. The van der Waals surface area contributed by atoms with Gasteiger partial charge < -0.3 is 4.74 Å². The van der Waals surface area contributed by atoms with Crippen LogP contribution in [-0.4, -0.2) is 18.2 Å². The molecule has 58 valence electrons. The van der Waals surface area contributed by atoms with Crippen molar-refractivity contribution in [1.29, 1.82) is 0 Å². The van der Waals surface area contributed by atoms with Crippen LogP contribution in [0.4, 0.5) is 13.2 Å². The predicted molar refractivity (Wildman–Crippen MR) is 25.2 cm³/mol. The van der Waals surface area contributed by atoms with Gasteiger partial charge in [0.05, 0.1) is 0 Å². The Morgan fingerprint density at radius 1 is 1.50 bits per heavy atom. The highest BCUT2D eigenvalue weighted by molar-refractivity contribution is 5.71. The first-order valence-corrected chi connectivity index (χ1v) is 2.76. The molecule has 0 aromatic rings. The van der Waals surface area contributed by atoms with Crippen LogP contribution < -0.4 is 0 Å². The summed E-state index contributed by atoms with van der Waals surface area (Å²) >= 11 is 0. The number of hydrogen-bond donors (Lipinski definition) is 0. The molecule has 0 spiro atoms. The molecule has 0 unspecified atom stereocenters. The quantitative estimate of drug-likeness (QED) is 0.491. The van der Waals surface area contributed by atoms with Crippen LogP contribution in [0.2, 0.25) is 0 Å². The van der Waals surface area contributed by atoms with E-state index in [0.717, 1.165) is 0 Å². The Bertz CT molecular complexity index is 151. The van der Waals surface area contributed by atoms with Gasteiger partial charge in [0.2, 0.25) is 0 Å². The molecule has 10 heavy (non-hydrogen) atoms. The van der Waals surface area contributed by atoms with Crippen LogP contribution in [0.15, 0.2) is 0 Å². The maximum atomic E-state index is 11.7. The summed E-state index contributed by atoms with van der Waals surface area (Å²) in [6, 6.07) is 0. The normalized spacial score (nSPS) is 26.7. The van der Waals surface area contributed by atoms with Gasteiger partial charge in [0.25, 0.3) is 0 Å². The van der Waals surface area contributed by atoms with E-state index in [1.165, 1.54) is 0 Å². The van der Waals surface area contributed by atoms with Crippen molar-refractivity contribution in [2.24, 2.45) is 0 Å². The number of halogens is 3. The molecular formula is C5H5F3O2. The Morgan fingerprint density at radius 2 is 2.10 bits per heavy atom. The lowest BCUT2D eigenvalue weighted by Gasteiger charge is -2.11. The molecule has 5 heteroatoms. The third kappa shape index (κ3) is 1.40. The second kappa shape index (κ2) is 2.14. The van der Waals surface area contributed by atoms with Gasteiger partial charge in [0.1, 0.15) is 0 Å². The van der Waals surface area contributed by atoms with Gasteiger partial charge in [-0.3, -0.25) is 4.79 Å². The van der Waals surface area contributed by atoms with E-state index in [-0.39, 0.29) is 12.8 Å². The Labute approximate surface area is 55.0 Å². The van der Waals surface area contributed by atoms with Gasteiger partial charge in [-0.15, -0.1) is 0 Å². The molecule has 1 saturated heterocycles. The molecule has 0 aromatic carbocycles. The minimum atomic E-state index is -4.38. The summed E-state index contributed by atoms with van der Waals surface area (Å²) in [5.74, 6) is -0.762. The van der Waals surface area contributed by atoms with E-state index < -0.39 is 18.2 Å². The lowest BCUT2D eigenvalue weighted by Crippen LogP contribution is -2.27. The van der Waals surface area contributed by atoms with Crippen molar-refractivity contribution >= 4 is 5.97 Å². The number of cyclic esters (lactones) is 1. The van der Waals surface area contributed by atoms with E-state index in [4.69, 9.17) is 0 Å². The number of esters is 1. The van der Waals surface area contributed by atoms with Crippen LogP contribution in [0.1, 0.15) is 12.8 Å². The monoisotopic (exact) mass is 154 g/mol. The fourth-order valence-corrected chi connectivity index (χ4v) is 0.756. The Hall–Kier alpha value is -0.740. The smallest absolute Gasteiger partial charge is 0.425 e. The van der Waals surface area contributed by atoms with E-state index in [0.29, 0.717) is 0 Å². The third-order valence-corrected chi connectivity index (χ3v) is 1.25. The second-order valence-electron chi connectivity index (χ2n) is 2.06. The van der Waals surface area contributed by atoms with Crippen LogP contribution in [-0.2, 0) is 9.53 Å². The maximum absolute atomic E-state index is 11.7. The standard InChI is InChI=1S/C5H5F3O2/c6-5(7,8)3-1-2-4(9)10-3/h3H,1-2H2/t3-/m1/s1. The molecule has 1 aliphatic heterocycles. The van der Waals surface area contributed by atoms with E-state index in [1.54, 1.807) is 0 Å². The average Bonchev–Trinajstić information content (AvgIpc) is 2.11. The van der Waals surface area contributed by atoms with Crippen molar-refractivity contribution in [2.75, 3.05) is 0 Å². The topological polar surface area (TPSA) is 26.3 Å². The van der Waals surface area contributed by atoms with Crippen molar-refractivity contribution in [3.8, 4) is 0 Å². The third-order valence-electron chi connectivity index (χ3n) is 1.25. The lowest BCUT2D eigenvalue weighted by atomic mass is 10.2. The molecule has 0 bridgehead atoms. The first-order chi connectivity index (χ1) is 4.50. The lowest BCUT2D eigenvalue weighted by molar-refractivity contribution is -0.209. The Morgan fingerprint density at radius 3 is 2.30 bits per heavy atom. The van der Waals surface area contributed by atoms with Gasteiger partial charge in [0, 0.05) is 12.8 Å². The number of hydrogen-bond acceptors (Lipinski definition) is 2. The van der Waals surface area contributed by atoms with Gasteiger partial charge in [-0.1, -0.05) is 0 Å². The van der Waals surface area contributed by atoms with Crippen LogP contribution >= 0.6 is 0 Å². The summed E-state index contributed by atoms with van der Waals surface area (Å²) < 4.78 is 38.9. The highest BCUT2D eigenvalue weighted by Gasteiger charge is 2.45. The van der Waals surface area contributed by atoms with Crippen LogP contribution in [0.25, 0.3) is 0 Å². The molecule has 0 N–H and O–H groups in total. The highest BCUT2D eigenvalue weighted by atomic mass is 19.4. The summed E-state index contributed by atoms with van der Waals surface area (Å²) in [4.78, 5) is 10.2. The molecule has 1 fully saturated rings. The van der Waals surface area contributed by atoms with Crippen LogP contribution in [0.3, 0.4) is 0 Å².